The summed E-state index contributed by atoms with van der Waals surface area (Å²) < 4.78 is 13.6. The standard InChI is InChI=1S/C22H26FN3O2/c1-5-7-15(6-2)25-22(28)20-12(3)19(24-13(20)4)11-17-16-10-14(23)8-9-18(16)26-21(17)27/h8-11,15,24H,5-7H2,1-4H3,(H,25,28)(H,26,27)/b17-11-. The maximum absolute atomic E-state index is 13.6. The third kappa shape index (κ3) is 3.72. The summed E-state index contributed by atoms with van der Waals surface area (Å²) in [5.41, 5.74) is 4.27. The number of aromatic nitrogens is 1. The summed E-state index contributed by atoms with van der Waals surface area (Å²) in [5.74, 6) is -0.798. The number of aryl methyl sites for hydroxylation is 1. The van der Waals surface area contributed by atoms with E-state index in [1.165, 1.54) is 12.1 Å². The van der Waals surface area contributed by atoms with Crippen molar-refractivity contribution in [3.63, 3.8) is 0 Å². The quantitative estimate of drug-likeness (QED) is 0.639. The van der Waals surface area contributed by atoms with E-state index in [2.05, 4.69) is 29.5 Å². The zero-order valence-electron chi connectivity index (χ0n) is 16.7. The van der Waals surface area contributed by atoms with Crippen LogP contribution >= 0.6 is 0 Å². The molecule has 2 amide bonds. The summed E-state index contributed by atoms with van der Waals surface area (Å²) in [5, 5.41) is 5.84. The maximum atomic E-state index is 13.6. The van der Waals surface area contributed by atoms with Gasteiger partial charge < -0.3 is 15.6 Å². The molecule has 2 heterocycles. The van der Waals surface area contributed by atoms with E-state index in [0.29, 0.717) is 28.1 Å². The van der Waals surface area contributed by atoms with Crippen LogP contribution in [0.3, 0.4) is 0 Å². The predicted octanol–water partition coefficient (Wildman–Crippen LogP) is 4.57. The molecule has 1 aliphatic rings. The average molecular weight is 383 g/mol. The first-order valence-electron chi connectivity index (χ1n) is 9.68. The number of hydrogen-bond acceptors (Lipinski definition) is 2. The molecule has 0 spiro atoms. The number of anilines is 1. The molecule has 0 radical (unpaired) electrons. The minimum Gasteiger partial charge on any atom is -0.358 e. The molecule has 1 unspecified atom stereocenters. The zero-order chi connectivity index (χ0) is 20.4. The van der Waals surface area contributed by atoms with Gasteiger partial charge in [-0.25, -0.2) is 4.39 Å². The van der Waals surface area contributed by atoms with Gasteiger partial charge in [-0.15, -0.1) is 0 Å². The molecule has 0 saturated carbocycles. The zero-order valence-corrected chi connectivity index (χ0v) is 16.7. The number of hydrogen-bond donors (Lipinski definition) is 3. The van der Waals surface area contributed by atoms with E-state index in [4.69, 9.17) is 0 Å². The normalized spacial score (nSPS) is 15.5. The molecule has 3 rings (SSSR count). The van der Waals surface area contributed by atoms with Crippen LogP contribution in [0, 0.1) is 19.7 Å². The van der Waals surface area contributed by atoms with E-state index in [0.717, 1.165) is 30.5 Å². The van der Waals surface area contributed by atoms with Crippen LogP contribution in [0.1, 0.15) is 66.0 Å². The van der Waals surface area contributed by atoms with Gasteiger partial charge in [0.2, 0.25) is 0 Å². The SMILES string of the molecule is CCCC(CC)NC(=O)c1c(C)[nH]c(/C=C2\C(=O)Nc3ccc(F)cc32)c1C. The van der Waals surface area contributed by atoms with Crippen LogP contribution in [0.5, 0.6) is 0 Å². The molecule has 148 valence electrons. The smallest absolute Gasteiger partial charge is 0.256 e. The van der Waals surface area contributed by atoms with Crippen LogP contribution in [0.2, 0.25) is 0 Å². The fraction of sp³-hybridized carbons (Fsp3) is 0.364. The molecule has 0 aliphatic carbocycles. The van der Waals surface area contributed by atoms with Crippen molar-refractivity contribution in [2.45, 2.75) is 53.0 Å². The van der Waals surface area contributed by atoms with Crippen molar-refractivity contribution in [3.8, 4) is 0 Å². The molecule has 0 saturated heterocycles. The fourth-order valence-corrected chi connectivity index (χ4v) is 3.69. The van der Waals surface area contributed by atoms with Crippen LogP contribution < -0.4 is 10.6 Å². The first-order valence-corrected chi connectivity index (χ1v) is 9.68. The number of amides is 2. The van der Waals surface area contributed by atoms with Crippen molar-refractivity contribution < 1.29 is 14.0 Å². The summed E-state index contributed by atoms with van der Waals surface area (Å²) in [6, 6.07) is 4.35. The number of rotatable bonds is 6. The molecule has 2 aromatic rings. The minimum atomic E-state index is -0.401. The number of aromatic amines is 1. The van der Waals surface area contributed by atoms with E-state index < -0.39 is 5.82 Å². The molecule has 1 aromatic carbocycles. The van der Waals surface area contributed by atoms with Crippen molar-refractivity contribution >= 4 is 29.2 Å². The largest absolute Gasteiger partial charge is 0.358 e. The van der Waals surface area contributed by atoms with E-state index in [1.807, 2.05) is 13.8 Å². The molecule has 1 aromatic heterocycles. The number of H-pyrrole nitrogens is 1. The van der Waals surface area contributed by atoms with Crippen LogP contribution in [0.25, 0.3) is 11.6 Å². The third-order valence-corrected chi connectivity index (χ3v) is 5.22. The van der Waals surface area contributed by atoms with Gasteiger partial charge in [0.1, 0.15) is 5.82 Å². The lowest BCUT2D eigenvalue weighted by Gasteiger charge is -2.16. The predicted molar refractivity (Wildman–Crippen MR) is 110 cm³/mol. The Morgan fingerprint density at radius 2 is 2.04 bits per heavy atom. The number of benzene rings is 1. The molecule has 6 heteroatoms. The van der Waals surface area contributed by atoms with Crippen LogP contribution in [0.4, 0.5) is 10.1 Å². The lowest BCUT2D eigenvalue weighted by molar-refractivity contribution is -0.110. The molecule has 28 heavy (non-hydrogen) atoms. The second-order valence-electron chi connectivity index (χ2n) is 7.23. The maximum Gasteiger partial charge on any atom is 0.256 e. The Hall–Kier alpha value is -2.89. The van der Waals surface area contributed by atoms with Gasteiger partial charge >= 0.3 is 0 Å². The Morgan fingerprint density at radius 3 is 2.71 bits per heavy atom. The van der Waals surface area contributed by atoms with Crippen molar-refractivity contribution in [2.75, 3.05) is 5.32 Å². The first-order chi connectivity index (χ1) is 13.3. The second-order valence-corrected chi connectivity index (χ2v) is 7.23. The van der Waals surface area contributed by atoms with Crippen LogP contribution in [0.15, 0.2) is 18.2 Å². The topological polar surface area (TPSA) is 74.0 Å². The van der Waals surface area contributed by atoms with E-state index >= 15 is 0 Å². The highest BCUT2D eigenvalue weighted by molar-refractivity contribution is 6.34. The molecule has 3 N–H and O–H groups in total. The highest BCUT2D eigenvalue weighted by Gasteiger charge is 2.26. The molecule has 5 nitrogen and oxygen atoms in total. The van der Waals surface area contributed by atoms with Gasteiger partial charge in [0, 0.05) is 28.7 Å². The number of carbonyl (C=O) groups is 2. The number of nitrogens with one attached hydrogen (secondary N) is 3. The summed E-state index contributed by atoms with van der Waals surface area (Å²) in [6.07, 6.45) is 4.50. The first kappa shape index (κ1) is 19.9. The number of halogens is 1. The second kappa shape index (κ2) is 8.00. The summed E-state index contributed by atoms with van der Waals surface area (Å²) in [4.78, 5) is 28.4. The molecule has 0 bridgehead atoms. The van der Waals surface area contributed by atoms with Crippen molar-refractivity contribution in [1.82, 2.24) is 10.3 Å². The molecular weight excluding hydrogens is 357 g/mol. The average Bonchev–Trinajstić information content (AvgIpc) is 3.10. The molecular formula is C22H26FN3O2. The fourth-order valence-electron chi connectivity index (χ4n) is 3.69. The Kier molecular flexibility index (Phi) is 5.68. The summed E-state index contributed by atoms with van der Waals surface area (Å²) in [7, 11) is 0. The van der Waals surface area contributed by atoms with Gasteiger partial charge in [-0.05, 0) is 56.5 Å². The monoisotopic (exact) mass is 383 g/mol. The van der Waals surface area contributed by atoms with Gasteiger partial charge in [0.05, 0.1) is 11.1 Å². The Balaban J connectivity index is 1.95. The van der Waals surface area contributed by atoms with Gasteiger partial charge in [-0.2, -0.15) is 0 Å². The van der Waals surface area contributed by atoms with Gasteiger partial charge in [-0.1, -0.05) is 20.3 Å². The minimum absolute atomic E-state index is 0.112. The lowest BCUT2D eigenvalue weighted by atomic mass is 10.0. The Bertz CT molecular complexity index is 959. The molecule has 1 aliphatic heterocycles. The van der Waals surface area contributed by atoms with E-state index in [9.17, 15) is 14.0 Å². The van der Waals surface area contributed by atoms with Crippen LogP contribution in [-0.2, 0) is 4.79 Å². The van der Waals surface area contributed by atoms with Crippen molar-refractivity contribution in [1.29, 1.82) is 0 Å². The van der Waals surface area contributed by atoms with E-state index in [1.54, 1.807) is 12.1 Å². The van der Waals surface area contributed by atoms with Crippen LogP contribution in [-0.4, -0.2) is 22.8 Å². The van der Waals surface area contributed by atoms with Crippen molar-refractivity contribution in [2.24, 2.45) is 0 Å². The van der Waals surface area contributed by atoms with Gasteiger partial charge in [0.15, 0.2) is 0 Å². The molecule has 0 fully saturated rings. The lowest BCUT2D eigenvalue weighted by Crippen LogP contribution is -2.34. The highest BCUT2D eigenvalue weighted by atomic mass is 19.1. The summed E-state index contributed by atoms with van der Waals surface area (Å²) >= 11 is 0. The third-order valence-electron chi connectivity index (χ3n) is 5.22. The van der Waals surface area contributed by atoms with Gasteiger partial charge in [0.25, 0.3) is 11.8 Å². The Morgan fingerprint density at radius 1 is 1.29 bits per heavy atom. The molecule has 1 atom stereocenters. The number of carbonyl (C=O) groups excluding carboxylic acids is 2. The van der Waals surface area contributed by atoms with Crippen molar-refractivity contribution in [3.05, 3.63) is 52.1 Å². The summed E-state index contributed by atoms with van der Waals surface area (Å²) in [6.45, 7) is 7.85. The number of fused-ring (bicyclic) bond motifs is 1. The Labute approximate surface area is 164 Å². The highest BCUT2D eigenvalue weighted by Crippen LogP contribution is 2.34. The van der Waals surface area contributed by atoms with Gasteiger partial charge in [-0.3, -0.25) is 9.59 Å². The van der Waals surface area contributed by atoms with E-state index in [-0.39, 0.29) is 17.9 Å².